The number of imidazole rings is 1. The van der Waals surface area contributed by atoms with Gasteiger partial charge in [0.25, 0.3) is 0 Å². The summed E-state index contributed by atoms with van der Waals surface area (Å²) in [6.07, 6.45) is 4.46. The lowest BCUT2D eigenvalue weighted by molar-refractivity contribution is 0.0697. The average molecular weight is 288 g/mol. The van der Waals surface area contributed by atoms with Gasteiger partial charge in [-0.3, -0.25) is 0 Å². The van der Waals surface area contributed by atoms with E-state index in [4.69, 9.17) is 5.11 Å². The normalized spacial score (nSPS) is 11.4. The lowest BCUT2D eigenvalue weighted by Crippen LogP contribution is -2.04. The van der Waals surface area contributed by atoms with Crippen molar-refractivity contribution in [2.24, 2.45) is 5.92 Å². The van der Waals surface area contributed by atoms with Crippen molar-refractivity contribution in [1.29, 1.82) is 0 Å². The van der Waals surface area contributed by atoms with E-state index in [0.29, 0.717) is 5.56 Å². The molecule has 2 rings (SSSR count). The van der Waals surface area contributed by atoms with Crippen LogP contribution < -0.4 is 0 Å². The molecule has 1 aromatic carbocycles. The van der Waals surface area contributed by atoms with Gasteiger partial charge >= 0.3 is 5.97 Å². The zero-order valence-corrected chi connectivity index (χ0v) is 13.1. The van der Waals surface area contributed by atoms with Crippen molar-refractivity contribution in [2.75, 3.05) is 0 Å². The summed E-state index contributed by atoms with van der Waals surface area (Å²) in [5, 5.41) is 9.07. The predicted octanol–water partition coefficient (Wildman–Crippen LogP) is 4.12. The maximum Gasteiger partial charge on any atom is 0.335 e. The van der Waals surface area contributed by atoms with E-state index >= 15 is 0 Å². The Hall–Kier alpha value is -1.84. The number of aryl methyl sites for hydroxylation is 2. The van der Waals surface area contributed by atoms with Crippen LogP contribution in [-0.4, -0.2) is 20.6 Å². The van der Waals surface area contributed by atoms with E-state index in [1.807, 2.05) is 6.07 Å². The van der Waals surface area contributed by atoms with Crippen molar-refractivity contribution in [2.45, 2.75) is 53.0 Å². The van der Waals surface area contributed by atoms with Crippen LogP contribution in [0.1, 0.15) is 56.2 Å². The van der Waals surface area contributed by atoms with Crippen LogP contribution in [0.2, 0.25) is 0 Å². The van der Waals surface area contributed by atoms with Gasteiger partial charge in [0.15, 0.2) is 0 Å². The van der Waals surface area contributed by atoms with Gasteiger partial charge in [0, 0.05) is 13.0 Å². The summed E-state index contributed by atoms with van der Waals surface area (Å²) >= 11 is 0. The highest BCUT2D eigenvalue weighted by atomic mass is 16.4. The Bertz CT molecular complexity index is 629. The lowest BCUT2D eigenvalue weighted by atomic mass is 10.1. The van der Waals surface area contributed by atoms with E-state index in [2.05, 4.69) is 30.3 Å². The number of hydrogen-bond donors (Lipinski definition) is 1. The van der Waals surface area contributed by atoms with Gasteiger partial charge in [-0.2, -0.15) is 0 Å². The highest BCUT2D eigenvalue weighted by Gasteiger charge is 2.12. The standard InChI is InChI=1S/C17H24N2O2/c1-4-16-18-14-11-13(17(20)21)8-9-15(14)19(16)10-6-5-7-12(2)3/h8-9,11-12H,4-7,10H2,1-3H3,(H,20,21). The van der Waals surface area contributed by atoms with Crippen molar-refractivity contribution >= 4 is 17.0 Å². The summed E-state index contributed by atoms with van der Waals surface area (Å²) in [4.78, 5) is 15.6. The Balaban J connectivity index is 2.22. The smallest absolute Gasteiger partial charge is 0.335 e. The summed E-state index contributed by atoms with van der Waals surface area (Å²) in [6.45, 7) is 7.54. The second kappa shape index (κ2) is 6.74. The van der Waals surface area contributed by atoms with Gasteiger partial charge in [-0.1, -0.05) is 33.6 Å². The number of nitrogens with zero attached hydrogens (tertiary/aromatic N) is 2. The third-order valence-electron chi connectivity index (χ3n) is 3.80. The third-order valence-corrected chi connectivity index (χ3v) is 3.80. The van der Waals surface area contributed by atoms with Crippen molar-refractivity contribution < 1.29 is 9.90 Å². The summed E-state index contributed by atoms with van der Waals surface area (Å²) in [6, 6.07) is 5.21. The topological polar surface area (TPSA) is 55.1 Å². The summed E-state index contributed by atoms with van der Waals surface area (Å²) in [5.41, 5.74) is 2.13. The van der Waals surface area contributed by atoms with Gasteiger partial charge in [0.2, 0.25) is 0 Å². The molecule has 0 amide bonds. The maximum atomic E-state index is 11.0. The van der Waals surface area contributed by atoms with Crippen LogP contribution in [0.3, 0.4) is 0 Å². The number of benzene rings is 1. The first kappa shape index (κ1) is 15.5. The second-order valence-corrected chi connectivity index (χ2v) is 5.93. The van der Waals surface area contributed by atoms with E-state index in [0.717, 1.165) is 42.2 Å². The van der Waals surface area contributed by atoms with Crippen LogP contribution in [0.5, 0.6) is 0 Å². The molecule has 0 aliphatic heterocycles. The van der Waals surface area contributed by atoms with Crippen LogP contribution in [0.4, 0.5) is 0 Å². The van der Waals surface area contributed by atoms with E-state index in [1.54, 1.807) is 12.1 Å². The van der Waals surface area contributed by atoms with Gasteiger partial charge in [-0.25, -0.2) is 9.78 Å². The minimum atomic E-state index is -0.901. The molecule has 0 fully saturated rings. The Labute approximate surface area is 125 Å². The lowest BCUT2D eigenvalue weighted by Gasteiger charge is -2.09. The number of hydrogen-bond acceptors (Lipinski definition) is 2. The Morgan fingerprint density at radius 2 is 2.10 bits per heavy atom. The number of carbonyl (C=O) groups is 1. The number of rotatable bonds is 7. The van der Waals surface area contributed by atoms with Gasteiger partial charge in [0.1, 0.15) is 5.82 Å². The van der Waals surface area contributed by atoms with E-state index in [9.17, 15) is 4.79 Å². The van der Waals surface area contributed by atoms with Gasteiger partial charge < -0.3 is 9.67 Å². The number of carboxylic acid groups (broad SMARTS) is 1. The highest BCUT2D eigenvalue weighted by Crippen LogP contribution is 2.20. The monoisotopic (exact) mass is 288 g/mol. The van der Waals surface area contributed by atoms with Gasteiger partial charge in [0.05, 0.1) is 16.6 Å². The average Bonchev–Trinajstić information content (AvgIpc) is 2.80. The molecule has 0 bridgehead atoms. The molecular formula is C17H24N2O2. The molecule has 1 aromatic heterocycles. The molecule has 0 saturated carbocycles. The molecule has 0 spiro atoms. The minimum Gasteiger partial charge on any atom is -0.478 e. The molecule has 4 nitrogen and oxygen atoms in total. The largest absolute Gasteiger partial charge is 0.478 e. The number of unbranched alkanes of at least 4 members (excludes halogenated alkanes) is 1. The second-order valence-electron chi connectivity index (χ2n) is 5.93. The molecule has 0 aliphatic carbocycles. The Morgan fingerprint density at radius 1 is 1.33 bits per heavy atom. The van der Waals surface area contributed by atoms with Crippen LogP contribution >= 0.6 is 0 Å². The van der Waals surface area contributed by atoms with Crippen LogP contribution in [0.25, 0.3) is 11.0 Å². The molecule has 1 heterocycles. The third kappa shape index (κ3) is 3.63. The summed E-state index contributed by atoms with van der Waals surface area (Å²) in [5.74, 6) is 0.881. The molecule has 1 N–H and O–H groups in total. The number of aromatic carboxylic acids is 1. The van der Waals surface area contributed by atoms with Crippen LogP contribution in [0.15, 0.2) is 18.2 Å². The molecular weight excluding hydrogens is 264 g/mol. The number of carboxylic acids is 1. The maximum absolute atomic E-state index is 11.0. The number of fused-ring (bicyclic) bond motifs is 1. The molecule has 2 aromatic rings. The van der Waals surface area contributed by atoms with Gasteiger partial charge in [-0.05, 0) is 30.5 Å². The fourth-order valence-electron chi connectivity index (χ4n) is 2.65. The van der Waals surface area contributed by atoms with E-state index < -0.39 is 5.97 Å². The molecule has 0 atom stereocenters. The SMILES string of the molecule is CCc1nc2cc(C(=O)O)ccc2n1CCCCC(C)C. The minimum absolute atomic E-state index is 0.301. The summed E-state index contributed by atoms with van der Waals surface area (Å²) in [7, 11) is 0. The quantitative estimate of drug-likeness (QED) is 0.780. The first-order valence-corrected chi connectivity index (χ1v) is 7.75. The summed E-state index contributed by atoms with van der Waals surface area (Å²) < 4.78 is 2.24. The van der Waals surface area contributed by atoms with Crippen molar-refractivity contribution in [3.63, 3.8) is 0 Å². The molecule has 0 radical (unpaired) electrons. The zero-order chi connectivity index (χ0) is 15.4. The zero-order valence-electron chi connectivity index (χ0n) is 13.1. The van der Waals surface area contributed by atoms with Crippen LogP contribution in [0, 0.1) is 5.92 Å². The fourth-order valence-corrected chi connectivity index (χ4v) is 2.65. The predicted molar refractivity (Wildman–Crippen MR) is 84.8 cm³/mol. The van der Waals surface area contributed by atoms with Gasteiger partial charge in [-0.15, -0.1) is 0 Å². The number of aromatic nitrogens is 2. The Kier molecular flexibility index (Phi) is 4.99. The molecule has 4 heteroatoms. The fraction of sp³-hybridized carbons (Fsp3) is 0.529. The molecule has 114 valence electrons. The van der Waals surface area contributed by atoms with E-state index in [-0.39, 0.29) is 0 Å². The first-order chi connectivity index (χ1) is 10.0. The molecule has 0 unspecified atom stereocenters. The Morgan fingerprint density at radius 3 is 2.71 bits per heavy atom. The molecule has 0 aliphatic rings. The van der Waals surface area contributed by atoms with Crippen molar-refractivity contribution in [3.8, 4) is 0 Å². The highest BCUT2D eigenvalue weighted by molar-refractivity contribution is 5.92. The van der Waals surface area contributed by atoms with E-state index in [1.165, 1.54) is 12.8 Å². The molecule has 21 heavy (non-hydrogen) atoms. The molecule has 0 saturated heterocycles. The van der Waals surface area contributed by atoms with Crippen molar-refractivity contribution in [3.05, 3.63) is 29.6 Å². The van der Waals surface area contributed by atoms with Crippen LogP contribution in [-0.2, 0) is 13.0 Å². The first-order valence-electron chi connectivity index (χ1n) is 7.75. The van der Waals surface area contributed by atoms with Crippen molar-refractivity contribution in [1.82, 2.24) is 9.55 Å².